The lowest BCUT2D eigenvalue weighted by Gasteiger charge is -2.18. The predicted molar refractivity (Wildman–Crippen MR) is 114 cm³/mol. The van der Waals surface area contributed by atoms with E-state index in [1.165, 1.54) is 0 Å². The molecule has 2 aliphatic rings. The maximum Gasteiger partial charge on any atom is 0.254 e. The lowest BCUT2D eigenvalue weighted by molar-refractivity contribution is -0.119. The van der Waals surface area contributed by atoms with Crippen LogP contribution in [0.1, 0.15) is 53.0 Å². The molecular weight excluding hydrogens is 380 g/mol. The highest BCUT2D eigenvalue weighted by Crippen LogP contribution is 2.28. The number of H-pyrrole nitrogens is 1. The second kappa shape index (κ2) is 8.60. The van der Waals surface area contributed by atoms with Crippen LogP contribution in [0, 0.1) is 25.7 Å². The first-order chi connectivity index (χ1) is 14.4. The van der Waals surface area contributed by atoms with Crippen molar-refractivity contribution in [2.45, 2.75) is 52.1 Å². The molecular formula is C23H30N4O3. The van der Waals surface area contributed by atoms with Gasteiger partial charge in [0.25, 0.3) is 5.91 Å². The van der Waals surface area contributed by atoms with E-state index in [4.69, 9.17) is 0 Å². The molecule has 4 rings (SSSR count). The highest BCUT2D eigenvalue weighted by Gasteiger charge is 2.35. The van der Waals surface area contributed by atoms with Gasteiger partial charge < -0.3 is 15.3 Å². The van der Waals surface area contributed by atoms with Crippen LogP contribution < -0.4 is 5.32 Å². The smallest absolute Gasteiger partial charge is 0.254 e. The molecule has 2 heterocycles. The number of likely N-dealkylation sites (tertiary alicyclic amines) is 1. The molecule has 1 aromatic heterocycles. The average molecular weight is 411 g/mol. The fourth-order valence-electron chi connectivity index (χ4n) is 4.56. The summed E-state index contributed by atoms with van der Waals surface area (Å²) < 4.78 is 0. The molecule has 1 saturated carbocycles. The van der Waals surface area contributed by atoms with E-state index in [1.54, 1.807) is 17.0 Å². The van der Waals surface area contributed by atoms with E-state index < -0.39 is 6.10 Å². The Balaban J connectivity index is 1.43. The van der Waals surface area contributed by atoms with Crippen LogP contribution in [-0.2, 0) is 11.2 Å². The first kappa shape index (κ1) is 20.6. The van der Waals surface area contributed by atoms with Crippen LogP contribution in [0.2, 0.25) is 0 Å². The number of aromatic amines is 1. The average Bonchev–Trinajstić information content (AvgIpc) is 3.46. The van der Waals surface area contributed by atoms with E-state index in [0.29, 0.717) is 30.8 Å². The summed E-state index contributed by atoms with van der Waals surface area (Å²) in [5, 5.41) is 20.7. The number of aromatic nitrogens is 2. The monoisotopic (exact) mass is 410 g/mol. The number of β-amino-alcohol motifs (C(OH)–C–C–N with tert-alkyl or cyclic N) is 1. The van der Waals surface area contributed by atoms with Crippen LogP contribution in [0.25, 0.3) is 0 Å². The molecule has 1 aliphatic heterocycles. The molecule has 1 saturated heterocycles. The Bertz CT molecular complexity index is 932. The van der Waals surface area contributed by atoms with Gasteiger partial charge in [-0.15, -0.1) is 0 Å². The number of hydrogen-bond donors (Lipinski definition) is 3. The van der Waals surface area contributed by atoms with Gasteiger partial charge in [0.05, 0.1) is 11.8 Å². The lowest BCUT2D eigenvalue weighted by atomic mass is 10.00. The summed E-state index contributed by atoms with van der Waals surface area (Å²) in [5.41, 5.74) is 4.05. The Morgan fingerprint density at radius 1 is 1.20 bits per heavy atom. The molecule has 0 radical (unpaired) electrons. The van der Waals surface area contributed by atoms with Gasteiger partial charge in [0, 0.05) is 41.9 Å². The summed E-state index contributed by atoms with van der Waals surface area (Å²) in [4.78, 5) is 27.3. The van der Waals surface area contributed by atoms with Crippen molar-refractivity contribution in [3.8, 4) is 0 Å². The van der Waals surface area contributed by atoms with Crippen molar-refractivity contribution < 1.29 is 14.7 Å². The van der Waals surface area contributed by atoms with E-state index in [1.807, 2.05) is 26.0 Å². The van der Waals surface area contributed by atoms with Gasteiger partial charge in [-0.05, 0) is 56.9 Å². The third-order valence-corrected chi connectivity index (χ3v) is 6.39. The number of aliphatic hydroxyl groups is 1. The van der Waals surface area contributed by atoms with Gasteiger partial charge in [0.15, 0.2) is 0 Å². The van der Waals surface area contributed by atoms with Crippen LogP contribution in [0.4, 0.5) is 5.69 Å². The van der Waals surface area contributed by atoms with Gasteiger partial charge in [-0.1, -0.05) is 18.9 Å². The second-order valence-electron chi connectivity index (χ2n) is 8.78. The third-order valence-electron chi connectivity index (χ3n) is 6.39. The highest BCUT2D eigenvalue weighted by molar-refractivity contribution is 5.98. The second-order valence-corrected chi connectivity index (χ2v) is 8.78. The summed E-state index contributed by atoms with van der Waals surface area (Å²) in [7, 11) is 0. The first-order valence-corrected chi connectivity index (χ1v) is 10.8. The Morgan fingerprint density at radius 3 is 2.67 bits per heavy atom. The zero-order chi connectivity index (χ0) is 21.3. The van der Waals surface area contributed by atoms with Gasteiger partial charge in [0.1, 0.15) is 0 Å². The molecule has 2 fully saturated rings. The molecule has 3 N–H and O–H groups in total. The molecule has 0 bridgehead atoms. The number of rotatable bonds is 5. The van der Waals surface area contributed by atoms with Crippen LogP contribution in [0.15, 0.2) is 24.3 Å². The van der Waals surface area contributed by atoms with E-state index >= 15 is 0 Å². The van der Waals surface area contributed by atoms with Gasteiger partial charge in [0.2, 0.25) is 5.91 Å². The molecule has 0 spiro atoms. The van der Waals surface area contributed by atoms with Crippen molar-refractivity contribution in [1.82, 2.24) is 15.1 Å². The topological polar surface area (TPSA) is 98.3 Å². The third kappa shape index (κ3) is 4.41. The maximum atomic E-state index is 13.1. The number of carbonyl (C=O) groups is 2. The van der Waals surface area contributed by atoms with Crippen molar-refractivity contribution in [3.05, 3.63) is 46.8 Å². The van der Waals surface area contributed by atoms with Crippen LogP contribution in [0.5, 0.6) is 0 Å². The van der Waals surface area contributed by atoms with Gasteiger partial charge in [-0.3, -0.25) is 14.7 Å². The SMILES string of the molecule is Cc1cc(C[C@@H]2CN(C(=O)c3ccc(C)c(NC(=O)C4CCCC4)c3)C[C@@H]2O)n[nH]1. The van der Waals surface area contributed by atoms with Crippen molar-refractivity contribution >= 4 is 17.5 Å². The predicted octanol–water partition coefficient (Wildman–Crippen LogP) is 2.83. The standard InChI is InChI=1S/C23H30N4O3/c1-14-7-8-17(11-20(14)24-22(29)16-5-3-4-6-16)23(30)27-12-18(21(28)13-27)10-19-9-15(2)25-26-19/h7-9,11,16,18,21,28H,3-6,10,12-13H2,1-2H3,(H,24,29)(H,25,26)/t18-,21+/m1/s1. The summed E-state index contributed by atoms with van der Waals surface area (Å²) >= 11 is 0. The maximum absolute atomic E-state index is 13.1. The van der Waals surface area contributed by atoms with Crippen molar-refractivity contribution in [1.29, 1.82) is 0 Å². The molecule has 160 valence electrons. The number of amides is 2. The largest absolute Gasteiger partial charge is 0.391 e. The fraction of sp³-hybridized carbons (Fsp3) is 0.522. The Hall–Kier alpha value is -2.67. The number of nitrogens with one attached hydrogen (secondary N) is 2. The van der Waals surface area contributed by atoms with Crippen LogP contribution >= 0.6 is 0 Å². The number of benzene rings is 1. The van der Waals surface area contributed by atoms with E-state index in [-0.39, 0.29) is 23.7 Å². The molecule has 1 aromatic carbocycles. The number of carbonyl (C=O) groups excluding carboxylic acids is 2. The summed E-state index contributed by atoms with van der Waals surface area (Å²) in [6.07, 6.45) is 4.14. The Labute approximate surface area is 176 Å². The van der Waals surface area contributed by atoms with Crippen molar-refractivity contribution in [3.63, 3.8) is 0 Å². The molecule has 0 unspecified atom stereocenters. The number of aliphatic hydroxyl groups excluding tert-OH is 1. The quantitative estimate of drug-likeness (QED) is 0.706. The highest BCUT2D eigenvalue weighted by atomic mass is 16.3. The number of nitrogens with zero attached hydrogens (tertiary/aromatic N) is 2. The molecule has 2 aromatic rings. The molecule has 2 atom stereocenters. The Kier molecular flexibility index (Phi) is 5.90. The lowest BCUT2D eigenvalue weighted by Crippen LogP contribution is -2.30. The number of anilines is 1. The minimum atomic E-state index is -0.571. The first-order valence-electron chi connectivity index (χ1n) is 10.8. The molecule has 7 nitrogen and oxygen atoms in total. The summed E-state index contributed by atoms with van der Waals surface area (Å²) in [6.45, 7) is 4.67. The number of aryl methyl sites for hydroxylation is 2. The molecule has 7 heteroatoms. The van der Waals surface area contributed by atoms with E-state index in [0.717, 1.165) is 42.6 Å². The molecule has 1 aliphatic carbocycles. The van der Waals surface area contributed by atoms with Gasteiger partial charge in [-0.25, -0.2) is 0 Å². The number of hydrogen-bond acceptors (Lipinski definition) is 4. The molecule has 30 heavy (non-hydrogen) atoms. The summed E-state index contributed by atoms with van der Waals surface area (Å²) in [6, 6.07) is 7.39. The van der Waals surface area contributed by atoms with Gasteiger partial charge >= 0.3 is 0 Å². The minimum absolute atomic E-state index is 0.0383. The Morgan fingerprint density at radius 2 is 1.97 bits per heavy atom. The van der Waals surface area contributed by atoms with Crippen LogP contribution in [-0.4, -0.2) is 51.2 Å². The zero-order valence-corrected chi connectivity index (χ0v) is 17.6. The normalized spacial score (nSPS) is 21.9. The molecule has 2 amide bonds. The fourth-order valence-corrected chi connectivity index (χ4v) is 4.56. The van der Waals surface area contributed by atoms with E-state index in [2.05, 4.69) is 15.5 Å². The zero-order valence-electron chi connectivity index (χ0n) is 17.6. The van der Waals surface area contributed by atoms with E-state index in [9.17, 15) is 14.7 Å². The summed E-state index contributed by atoms with van der Waals surface area (Å²) in [5.74, 6) is -0.0372. The van der Waals surface area contributed by atoms with Crippen molar-refractivity contribution in [2.75, 3.05) is 18.4 Å². The van der Waals surface area contributed by atoms with Crippen LogP contribution in [0.3, 0.4) is 0 Å². The van der Waals surface area contributed by atoms with Crippen molar-refractivity contribution in [2.24, 2.45) is 11.8 Å². The van der Waals surface area contributed by atoms with Gasteiger partial charge in [-0.2, -0.15) is 5.10 Å². The minimum Gasteiger partial charge on any atom is -0.391 e.